The van der Waals surface area contributed by atoms with Crippen molar-refractivity contribution >= 4 is 11.8 Å². The van der Waals surface area contributed by atoms with Gasteiger partial charge in [0, 0.05) is 50.8 Å². The molecule has 4 rings (SSSR count). The van der Waals surface area contributed by atoms with E-state index in [1.54, 1.807) is 13.2 Å². The van der Waals surface area contributed by atoms with E-state index in [4.69, 9.17) is 0 Å². The minimum Gasteiger partial charge on any atom is -0.371 e. The van der Waals surface area contributed by atoms with Gasteiger partial charge in [-0.2, -0.15) is 4.98 Å². The summed E-state index contributed by atoms with van der Waals surface area (Å²) in [5, 5.41) is 2.77. The van der Waals surface area contributed by atoms with Crippen molar-refractivity contribution < 1.29 is 4.39 Å². The molecular weight excluding hydrogens is 345 g/mol. The first-order valence-electron chi connectivity index (χ1n) is 9.10. The smallest absolute Gasteiger partial charge is 0.227 e. The number of nitrogens with one attached hydrogen (secondary N) is 1. The molecule has 0 aromatic carbocycles. The van der Waals surface area contributed by atoms with Gasteiger partial charge in [0.05, 0.1) is 12.7 Å². The fraction of sp³-hybridized carbons (Fsp3) is 0.368. The van der Waals surface area contributed by atoms with Crippen molar-refractivity contribution in [2.45, 2.75) is 25.3 Å². The summed E-state index contributed by atoms with van der Waals surface area (Å²) < 4.78 is 15.8. The van der Waals surface area contributed by atoms with E-state index in [2.05, 4.69) is 40.8 Å². The number of rotatable bonds is 5. The minimum absolute atomic E-state index is 0.222. The lowest BCUT2D eigenvalue weighted by atomic mass is 9.97. The zero-order valence-electron chi connectivity index (χ0n) is 15.2. The average molecular weight is 367 g/mol. The average Bonchev–Trinajstić information content (AvgIpc) is 3.17. The summed E-state index contributed by atoms with van der Waals surface area (Å²) in [6, 6.07) is 4.01. The maximum atomic E-state index is 13.7. The van der Waals surface area contributed by atoms with Crippen LogP contribution in [0.4, 0.5) is 16.2 Å². The van der Waals surface area contributed by atoms with Gasteiger partial charge in [0.15, 0.2) is 11.6 Å². The molecule has 0 radical (unpaired) electrons. The molecule has 3 aromatic heterocycles. The van der Waals surface area contributed by atoms with Crippen LogP contribution in [0.5, 0.6) is 0 Å². The second kappa shape index (κ2) is 7.69. The van der Waals surface area contributed by atoms with E-state index < -0.39 is 5.82 Å². The molecular formula is C19H22FN7. The van der Waals surface area contributed by atoms with Gasteiger partial charge in [0.25, 0.3) is 0 Å². The zero-order chi connectivity index (χ0) is 18.6. The standard InChI is InChI=1S/C19H22FN7/c1-21-17-16(20)11-24-19(25-17)27-8-3-5-15(13-27)18-23-7-9-26(18)12-14-4-2-6-22-10-14/h2,4,6-7,9-11,15H,3,5,8,12-13H2,1H3,(H,21,24,25)/t15-/m1/s1. The van der Waals surface area contributed by atoms with E-state index in [1.165, 1.54) is 6.20 Å². The fourth-order valence-electron chi connectivity index (χ4n) is 3.56. The fourth-order valence-corrected chi connectivity index (χ4v) is 3.56. The Morgan fingerprint density at radius 2 is 2.19 bits per heavy atom. The third kappa shape index (κ3) is 3.74. The lowest BCUT2D eigenvalue weighted by molar-refractivity contribution is 0.470. The Bertz CT molecular complexity index is 896. The molecule has 0 aliphatic carbocycles. The highest BCUT2D eigenvalue weighted by atomic mass is 19.1. The Labute approximate surface area is 157 Å². The molecule has 3 aromatic rings. The zero-order valence-corrected chi connectivity index (χ0v) is 15.2. The van der Waals surface area contributed by atoms with E-state index >= 15 is 0 Å². The molecule has 0 amide bonds. The van der Waals surface area contributed by atoms with Crippen molar-refractivity contribution in [2.75, 3.05) is 30.4 Å². The van der Waals surface area contributed by atoms with Gasteiger partial charge in [-0.15, -0.1) is 0 Å². The van der Waals surface area contributed by atoms with E-state index in [0.29, 0.717) is 5.95 Å². The summed E-state index contributed by atoms with van der Waals surface area (Å²) in [5.41, 5.74) is 1.14. The first kappa shape index (κ1) is 17.4. The van der Waals surface area contributed by atoms with Crippen LogP contribution >= 0.6 is 0 Å². The quantitative estimate of drug-likeness (QED) is 0.748. The number of aromatic nitrogens is 5. The van der Waals surface area contributed by atoms with Gasteiger partial charge in [0.2, 0.25) is 5.95 Å². The topological polar surface area (TPSA) is 71.8 Å². The lowest BCUT2D eigenvalue weighted by Crippen LogP contribution is -2.36. The molecule has 27 heavy (non-hydrogen) atoms. The maximum absolute atomic E-state index is 13.7. The Morgan fingerprint density at radius 3 is 3.00 bits per heavy atom. The molecule has 0 unspecified atom stereocenters. The molecule has 0 saturated carbocycles. The van der Waals surface area contributed by atoms with Crippen LogP contribution in [-0.4, -0.2) is 44.6 Å². The van der Waals surface area contributed by atoms with Crippen molar-refractivity contribution in [3.8, 4) is 0 Å². The van der Waals surface area contributed by atoms with E-state index in [1.807, 2.05) is 24.7 Å². The second-order valence-electron chi connectivity index (χ2n) is 6.68. The van der Waals surface area contributed by atoms with E-state index in [-0.39, 0.29) is 11.7 Å². The predicted molar refractivity (Wildman–Crippen MR) is 101 cm³/mol. The van der Waals surface area contributed by atoms with Crippen LogP contribution in [0.3, 0.4) is 0 Å². The normalized spacial score (nSPS) is 17.1. The third-order valence-corrected chi connectivity index (χ3v) is 4.86. The monoisotopic (exact) mass is 367 g/mol. The molecule has 1 aliphatic rings. The summed E-state index contributed by atoms with van der Waals surface area (Å²) in [5.74, 6) is 1.66. The molecule has 4 heterocycles. The number of anilines is 2. The van der Waals surface area contributed by atoms with Gasteiger partial charge < -0.3 is 14.8 Å². The molecule has 7 nitrogen and oxygen atoms in total. The van der Waals surface area contributed by atoms with Crippen molar-refractivity contribution in [1.29, 1.82) is 0 Å². The molecule has 1 fully saturated rings. The summed E-state index contributed by atoms with van der Waals surface area (Å²) in [7, 11) is 1.66. The summed E-state index contributed by atoms with van der Waals surface area (Å²) >= 11 is 0. The minimum atomic E-state index is -0.443. The van der Waals surface area contributed by atoms with Gasteiger partial charge in [-0.3, -0.25) is 4.98 Å². The van der Waals surface area contributed by atoms with E-state index in [9.17, 15) is 4.39 Å². The van der Waals surface area contributed by atoms with Gasteiger partial charge in [-0.05, 0) is 24.5 Å². The van der Waals surface area contributed by atoms with Gasteiger partial charge in [-0.25, -0.2) is 14.4 Å². The summed E-state index contributed by atoms with van der Waals surface area (Å²) in [6.45, 7) is 2.37. The van der Waals surface area contributed by atoms with Crippen LogP contribution in [0.1, 0.15) is 30.1 Å². The third-order valence-electron chi connectivity index (χ3n) is 4.86. The number of halogens is 1. The van der Waals surface area contributed by atoms with Crippen LogP contribution < -0.4 is 10.2 Å². The van der Waals surface area contributed by atoms with Crippen LogP contribution in [0.25, 0.3) is 0 Å². The molecule has 0 bridgehead atoms. The first-order valence-corrected chi connectivity index (χ1v) is 9.10. The van der Waals surface area contributed by atoms with Crippen LogP contribution in [0, 0.1) is 5.82 Å². The Hall–Kier alpha value is -3.03. The van der Waals surface area contributed by atoms with E-state index in [0.717, 1.165) is 43.9 Å². The molecule has 1 saturated heterocycles. The molecule has 0 spiro atoms. The lowest BCUT2D eigenvalue weighted by Gasteiger charge is -2.32. The SMILES string of the molecule is CNc1nc(N2CCC[C@@H](c3nccn3Cc3cccnc3)C2)ncc1F. The number of hydrogen-bond donors (Lipinski definition) is 1. The summed E-state index contributed by atoms with van der Waals surface area (Å²) in [6.07, 6.45) is 10.8. The molecule has 1 N–H and O–H groups in total. The highest BCUT2D eigenvalue weighted by Crippen LogP contribution is 2.28. The van der Waals surface area contributed by atoms with Crippen molar-refractivity contribution in [1.82, 2.24) is 24.5 Å². The second-order valence-corrected chi connectivity index (χ2v) is 6.68. The number of hydrogen-bond acceptors (Lipinski definition) is 6. The predicted octanol–water partition coefficient (Wildman–Crippen LogP) is 2.68. The first-order chi connectivity index (χ1) is 13.2. The van der Waals surface area contributed by atoms with Crippen molar-refractivity contribution in [2.24, 2.45) is 0 Å². The maximum Gasteiger partial charge on any atom is 0.227 e. The number of piperidine rings is 1. The van der Waals surface area contributed by atoms with Crippen molar-refractivity contribution in [3.05, 3.63) is 60.3 Å². The van der Waals surface area contributed by atoms with Crippen LogP contribution in [-0.2, 0) is 6.54 Å². The Kier molecular flexibility index (Phi) is 4.95. The highest BCUT2D eigenvalue weighted by molar-refractivity contribution is 5.42. The highest BCUT2D eigenvalue weighted by Gasteiger charge is 2.26. The molecule has 1 aliphatic heterocycles. The Morgan fingerprint density at radius 1 is 1.26 bits per heavy atom. The number of nitrogens with zero attached hydrogens (tertiary/aromatic N) is 6. The van der Waals surface area contributed by atoms with Gasteiger partial charge >= 0.3 is 0 Å². The summed E-state index contributed by atoms with van der Waals surface area (Å²) in [4.78, 5) is 19.4. The number of pyridine rings is 1. The van der Waals surface area contributed by atoms with Crippen molar-refractivity contribution in [3.63, 3.8) is 0 Å². The van der Waals surface area contributed by atoms with Crippen LogP contribution in [0.2, 0.25) is 0 Å². The largest absolute Gasteiger partial charge is 0.371 e. The Balaban J connectivity index is 1.53. The molecule has 8 heteroatoms. The van der Waals surface area contributed by atoms with Gasteiger partial charge in [-0.1, -0.05) is 6.07 Å². The molecule has 140 valence electrons. The number of imidazole rings is 1. The molecule has 1 atom stereocenters. The van der Waals surface area contributed by atoms with Crippen LogP contribution in [0.15, 0.2) is 43.1 Å². The van der Waals surface area contributed by atoms with Gasteiger partial charge in [0.1, 0.15) is 5.82 Å².